The van der Waals surface area contributed by atoms with E-state index in [4.69, 9.17) is 4.74 Å². The summed E-state index contributed by atoms with van der Waals surface area (Å²) >= 11 is 0. The van der Waals surface area contributed by atoms with Gasteiger partial charge in [0.05, 0.1) is 18.2 Å². The summed E-state index contributed by atoms with van der Waals surface area (Å²) < 4.78 is 5.54. The summed E-state index contributed by atoms with van der Waals surface area (Å²) in [6, 6.07) is 12.4. The highest BCUT2D eigenvalue weighted by molar-refractivity contribution is 6.46. The van der Waals surface area contributed by atoms with Crippen LogP contribution in [0.15, 0.2) is 48.0 Å². The Morgan fingerprint density at radius 2 is 1.73 bits per heavy atom. The molecule has 0 radical (unpaired) electrons. The number of aliphatic hydroxyl groups excluding tert-OH is 1. The third kappa shape index (κ3) is 5.03. The Kier molecular flexibility index (Phi) is 7.43. The largest absolute Gasteiger partial charge is 0.507 e. The summed E-state index contributed by atoms with van der Waals surface area (Å²) in [6.07, 6.45) is 0. The zero-order chi connectivity index (χ0) is 24.3. The average molecular weight is 452 g/mol. The van der Waals surface area contributed by atoms with Crippen LogP contribution in [0.3, 0.4) is 0 Å². The zero-order valence-corrected chi connectivity index (χ0v) is 20.3. The van der Waals surface area contributed by atoms with Gasteiger partial charge in [0.15, 0.2) is 0 Å². The molecular weight excluding hydrogens is 418 g/mol. The number of hydrogen-bond acceptors (Lipinski definition) is 6. The van der Waals surface area contributed by atoms with Crippen molar-refractivity contribution in [2.24, 2.45) is 0 Å². The first kappa shape index (κ1) is 24.3. The molecule has 1 amide bonds. The highest BCUT2D eigenvalue weighted by Gasteiger charge is 2.46. The summed E-state index contributed by atoms with van der Waals surface area (Å²) in [5.74, 6) is -0.735. The number of ether oxygens (including phenoxy) is 1. The Labute approximate surface area is 195 Å². The lowest BCUT2D eigenvalue weighted by molar-refractivity contribution is -0.140. The standard InChI is InChI=1S/C26H33N3O4/c1-7-33-20-12-13-21(17(2)16-20)24(30)22-23(18-8-10-19(11-9-18)28(5)6)29(15-14-27(3)4)26(32)25(22)31/h8-13,16,23,30H,7,14-15H2,1-6H3/t23-/m0/s1. The highest BCUT2D eigenvalue weighted by atomic mass is 16.5. The zero-order valence-electron chi connectivity index (χ0n) is 20.3. The average Bonchev–Trinajstić information content (AvgIpc) is 3.02. The maximum Gasteiger partial charge on any atom is 0.295 e. The quantitative estimate of drug-likeness (QED) is 0.377. The summed E-state index contributed by atoms with van der Waals surface area (Å²) in [6.45, 7) is 5.25. The molecule has 0 saturated carbocycles. The Morgan fingerprint density at radius 1 is 1.06 bits per heavy atom. The van der Waals surface area contributed by atoms with Crippen LogP contribution in [0.4, 0.5) is 5.69 Å². The molecule has 1 N–H and O–H groups in total. The van der Waals surface area contributed by atoms with Crippen LogP contribution >= 0.6 is 0 Å². The van der Waals surface area contributed by atoms with Crippen LogP contribution < -0.4 is 9.64 Å². The van der Waals surface area contributed by atoms with Crippen molar-refractivity contribution in [3.8, 4) is 5.75 Å². The second-order valence-corrected chi connectivity index (χ2v) is 8.69. The van der Waals surface area contributed by atoms with Crippen molar-refractivity contribution < 1.29 is 19.4 Å². The molecule has 2 aromatic rings. The predicted octanol–water partition coefficient (Wildman–Crippen LogP) is 3.44. The molecule has 1 heterocycles. The van der Waals surface area contributed by atoms with E-state index in [9.17, 15) is 14.7 Å². The molecule has 2 aromatic carbocycles. The number of benzene rings is 2. The number of carbonyl (C=O) groups is 2. The topological polar surface area (TPSA) is 73.3 Å². The number of aliphatic hydroxyl groups is 1. The van der Waals surface area contributed by atoms with Crippen molar-refractivity contribution in [2.45, 2.75) is 19.9 Å². The number of ketones is 1. The van der Waals surface area contributed by atoms with E-state index in [2.05, 4.69) is 0 Å². The Bertz CT molecular complexity index is 1060. The lowest BCUT2D eigenvalue weighted by atomic mass is 9.93. The van der Waals surface area contributed by atoms with Gasteiger partial charge >= 0.3 is 0 Å². The molecule has 7 heteroatoms. The minimum atomic E-state index is -0.666. The Hall–Kier alpha value is -3.32. The van der Waals surface area contributed by atoms with Gasteiger partial charge in [-0.2, -0.15) is 0 Å². The van der Waals surface area contributed by atoms with Crippen molar-refractivity contribution in [3.63, 3.8) is 0 Å². The fourth-order valence-corrected chi connectivity index (χ4v) is 4.02. The van der Waals surface area contributed by atoms with Crippen LogP contribution in [0.1, 0.15) is 29.7 Å². The first-order chi connectivity index (χ1) is 15.6. The van der Waals surface area contributed by atoms with Crippen molar-refractivity contribution in [3.05, 3.63) is 64.7 Å². The fraction of sp³-hybridized carbons (Fsp3) is 0.385. The molecule has 0 spiro atoms. The number of aryl methyl sites for hydroxylation is 1. The van der Waals surface area contributed by atoms with E-state index in [0.29, 0.717) is 31.0 Å². The van der Waals surface area contributed by atoms with Gasteiger partial charge in [-0.05, 0) is 69.4 Å². The van der Waals surface area contributed by atoms with Crippen molar-refractivity contribution in [2.75, 3.05) is 52.8 Å². The number of rotatable bonds is 8. The van der Waals surface area contributed by atoms with E-state index in [1.165, 1.54) is 0 Å². The monoisotopic (exact) mass is 451 g/mol. The molecule has 3 rings (SSSR count). The van der Waals surface area contributed by atoms with E-state index in [1.807, 2.05) is 82.2 Å². The first-order valence-corrected chi connectivity index (χ1v) is 11.1. The first-order valence-electron chi connectivity index (χ1n) is 11.1. The van der Waals surface area contributed by atoms with Crippen LogP contribution in [0.25, 0.3) is 5.76 Å². The Balaban J connectivity index is 2.13. The number of likely N-dealkylation sites (tertiary alicyclic amines) is 1. The number of Topliss-reactive ketones (excluding diaryl/α,β-unsaturated/α-hetero) is 1. The number of anilines is 1. The number of nitrogens with zero attached hydrogens (tertiary/aromatic N) is 3. The van der Waals surface area contributed by atoms with Crippen molar-refractivity contribution >= 4 is 23.1 Å². The summed E-state index contributed by atoms with van der Waals surface area (Å²) in [5.41, 5.74) is 3.18. The van der Waals surface area contributed by atoms with Gasteiger partial charge in [-0.15, -0.1) is 0 Å². The molecule has 7 nitrogen and oxygen atoms in total. The SMILES string of the molecule is CCOc1ccc(C(O)=C2C(=O)C(=O)N(CCN(C)C)[C@H]2c2ccc(N(C)C)cc2)c(C)c1. The molecule has 0 aliphatic carbocycles. The summed E-state index contributed by atoms with van der Waals surface area (Å²) in [5, 5.41) is 11.3. The molecule has 1 aliphatic rings. The lowest BCUT2D eigenvalue weighted by Crippen LogP contribution is -2.35. The summed E-state index contributed by atoms with van der Waals surface area (Å²) in [4.78, 5) is 31.7. The van der Waals surface area contributed by atoms with Crippen LogP contribution in [0.5, 0.6) is 5.75 Å². The number of amides is 1. The maximum atomic E-state index is 13.2. The summed E-state index contributed by atoms with van der Waals surface area (Å²) in [7, 11) is 7.74. The molecule has 0 bridgehead atoms. The van der Waals surface area contributed by atoms with Gasteiger partial charge in [0.1, 0.15) is 11.5 Å². The molecule has 0 unspecified atom stereocenters. The fourth-order valence-electron chi connectivity index (χ4n) is 4.02. The second-order valence-electron chi connectivity index (χ2n) is 8.69. The molecule has 0 aromatic heterocycles. The Morgan fingerprint density at radius 3 is 2.27 bits per heavy atom. The van der Waals surface area contributed by atoms with Crippen LogP contribution in [-0.2, 0) is 9.59 Å². The van der Waals surface area contributed by atoms with E-state index in [-0.39, 0.29) is 11.3 Å². The van der Waals surface area contributed by atoms with Gasteiger partial charge in [-0.3, -0.25) is 9.59 Å². The number of carbonyl (C=O) groups excluding carboxylic acids is 2. The lowest BCUT2D eigenvalue weighted by Gasteiger charge is -2.27. The van der Waals surface area contributed by atoms with Crippen LogP contribution in [-0.4, -0.2) is 74.5 Å². The smallest absolute Gasteiger partial charge is 0.295 e. The molecule has 1 atom stereocenters. The van der Waals surface area contributed by atoms with Crippen LogP contribution in [0.2, 0.25) is 0 Å². The minimum absolute atomic E-state index is 0.114. The van der Waals surface area contributed by atoms with E-state index in [1.54, 1.807) is 17.0 Å². The highest BCUT2D eigenvalue weighted by Crippen LogP contribution is 2.40. The van der Waals surface area contributed by atoms with Crippen molar-refractivity contribution in [1.82, 2.24) is 9.80 Å². The predicted molar refractivity (Wildman–Crippen MR) is 131 cm³/mol. The molecule has 1 fully saturated rings. The van der Waals surface area contributed by atoms with Gasteiger partial charge in [0.25, 0.3) is 11.7 Å². The van der Waals surface area contributed by atoms with E-state index >= 15 is 0 Å². The third-order valence-corrected chi connectivity index (χ3v) is 5.82. The van der Waals surface area contributed by atoms with Gasteiger partial charge in [-0.25, -0.2) is 0 Å². The van der Waals surface area contributed by atoms with Gasteiger partial charge in [-0.1, -0.05) is 12.1 Å². The van der Waals surface area contributed by atoms with Gasteiger partial charge in [0, 0.05) is 38.4 Å². The molecule has 176 valence electrons. The molecule has 33 heavy (non-hydrogen) atoms. The van der Waals surface area contributed by atoms with Crippen LogP contribution in [0, 0.1) is 6.92 Å². The maximum absolute atomic E-state index is 13.2. The number of hydrogen-bond donors (Lipinski definition) is 1. The van der Waals surface area contributed by atoms with Gasteiger partial charge in [0.2, 0.25) is 0 Å². The van der Waals surface area contributed by atoms with E-state index < -0.39 is 17.7 Å². The minimum Gasteiger partial charge on any atom is -0.507 e. The van der Waals surface area contributed by atoms with E-state index in [0.717, 1.165) is 16.8 Å². The van der Waals surface area contributed by atoms with Crippen molar-refractivity contribution in [1.29, 1.82) is 0 Å². The number of likely N-dealkylation sites (N-methyl/N-ethyl adjacent to an activating group) is 1. The normalized spacial score (nSPS) is 17.7. The molecular formula is C26H33N3O4. The van der Waals surface area contributed by atoms with Gasteiger partial charge < -0.3 is 24.5 Å². The molecule has 1 saturated heterocycles. The third-order valence-electron chi connectivity index (χ3n) is 5.82. The molecule has 1 aliphatic heterocycles. The second kappa shape index (κ2) is 10.1.